The van der Waals surface area contributed by atoms with Crippen molar-refractivity contribution in [3.8, 4) is 0 Å². The Kier molecular flexibility index (Phi) is 4.41. The number of thiazole rings is 1. The van der Waals surface area contributed by atoms with E-state index in [4.69, 9.17) is 5.21 Å². The Morgan fingerprint density at radius 3 is 2.95 bits per heavy atom. The van der Waals surface area contributed by atoms with Gasteiger partial charge in [-0.05, 0) is 18.6 Å². The molecular weight excluding hydrogens is 281 g/mol. The highest BCUT2D eigenvalue weighted by atomic mass is 32.1. The number of halogens is 1. The summed E-state index contributed by atoms with van der Waals surface area (Å²) in [5, 5.41) is 16.3. The standard InChI is InChI=1S/C13H12FN3O2S/c1-8(17-19)11-7-20-13(15-11)16-12(18)6-9-4-2-3-5-10(9)14/h2-5,7,19H,6H2,1H3,(H,15,16,18). The molecule has 0 aliphatic carbocycles. The number of nitrogens with one attached hydrogen (secondary N) is 1. The summed E-state index contributed by atoms with van der Waals surface area (Å²) in [5.74, 6) is -0.764. The first-order valence-electron chi connectivity index (χ1n) is 5.78. The van der Waals surface area contributed by atoms with E-state index >= 15 is 0 Å². The van der Waals surface area contributed by atoms with Gasteiger partial charge in [-0.3, -0.25) is 4.79 Å². The van der Waals surface area contributed by atoms with Gasteiger partial charge in [-0.1, -0.05) is 23.4 Å². The minimum Gasteiger partial charge on any atom is -0.411 e. The van der Waals surface area contributed by atoms with Gasteiger partial charge in [-0.2, -0.15) is 0 Å². The maximum absolute atomic E-state index is 13.4. The number of rotatable bonds is 4. The van der Waals surface area contributed by atoms with Crippen LogP contribution in [0.2, 0.25) is 0 Å². The van der Waals surface area contributed by atoms with E-state index in [2.05, 4.69) is 15.5 Å². The predicted molar refractivity (Wildman–Crippen MR) is 74.8 cm³/mol. The highest BCUT2D eigenvalue weighted by molar-refractivity contribution is 7.14. The smallest absolute Gasteiger partial charge is 0.230 e. The molecule has 0 unspecified atom stereocenters. The van der Waals surface area contributed by atoms with Crippen molar-refractivity contribution in [1.82, 2.24) is 4.98 Å². The number of hydrogen-bond acceptors (Lipinski definition) is 5. The van der Waals surface area contributed by atoms with Crippen LogP contribution in [0, 0.1) is 5.82 Å². The van der Waals surface area contributed by atoms with Crippen molar-refractivity contribution in [2.75, 3.05) is 5.32 Å². The zero-order valence-corrected chi connectivity index (χ0v) is 11.4. The third-order valence-corrected chi connectivity index (χ3v) is 3.34. The molecule has 2 aromatic rings. The summed E-state index contributed by atoms with van der Waals surface area (Å²) in [6.45, 7) is 1.60. The van der Waals surface area contributed by atoms with Gasteiger partial charge in [0.2, 0.25) is 5.91 Å². The van der Waals surface area contributed by atoms with Crippen LogP contribution in [0.25, 0.3) is 0 Å². The van der Waals surface area contributed by atoms with Crippen LogP contribution in [0.3, 0.4) is 0 Å². The summed E-state index contributed by atoms with van der Waals surface area (Å²) in [6.07, 6.45) is -0.0609. The number of aromatic nitrogens is 1. The highest BCUT2D eigenvalue weighted by Crippen LogP contribution is 2.17. The number of carbonyl (C=O) groups is 1. The molecule has 20 heavy (non-hydrogen) atoms. The Balaban J connectivity index is 2.02. The van der Waals surface area contributed by atoms with Gasteiger partial charge >= 0.3 is 0 Å². The van der Waals surface area contributed by atoms with Crippen LogP contribution in [-0.2, 0) is 11.2 Å². The monoisotopic (exact) mass is 293 g/mol. The molecule has 0 radical (unpaired) electrons. The largest absolute Gasteiger partial charge is 0.411 e. The molecule has 104 valence electrons. The van der Waals surface area contributed by atoms with Gasteiger partial charge in [0.1, 0.15) is 17.2 Å². The minimum atomic E-state index is -0.411. The number of nitrogens with zero attached hydrogens (tertiary/aromatic N) is 2. The van der Waals surface area contributed by atoms with Crippen LogP contribution in [0.1, 0.15) is 18.2 Å². The molecule has 0 atom stereocenters. The molecule has 2 N–H and O–H groups in total. The molecule has 0 saturated carbocycles. The van der Waals surface area contributed by atoms with Crippen molar-refractivity contribution in [2.24, 2.45) is 5.16 Å². The first-order valence-corrected chi connectivity index (χ1v) is 6.66. The summed E-state index contributed by atoms with van der Waals surface area (Å²) in [7, 11) is 0. The molecule has 0 aliphatic heterocycles. The molecule has 7 heteroatoms. The van der Waals surface area contributed by atoms with Gasteiger partial charge in [-0.15, -0.1) is 11.3 Å². The average molecular weight is 293 g/mol. The maximum atomic E-state index is 13.4. The second-order valence-corrected chi connectivity index (χ2v) is 4.90. The normalized spacial score (nSPS) is 11.4. The van der Waals surface area contributed by atoms with Crippen LogP contribution < -0.4 is 5.32 Å². The topological polar surface area (TPSA) is 74.6 Å². The van der Waals surface area contributed by atoms with E-state index in [0.717, 1.165) is 0 Å². The zero-order valence-electron chi connectivity index (χ0n) is 10.6. The van der Waals surface area contributed by atoms with E-state index in [9.17, 15) is 9.18 Å². The number of anilines is 1. The Bertz CT molecular complexity index is 655. The second kappa shape index (κ2) is 6.25. The number of amides is 1. The first-order chi connectivity index (χ1) is 9.60. The minimum absolute atomic E-state index is 0.0609. The summed E-state index contributed by atoms with van der Waals surface area (Å²) in [6, 6.07) is 6.12. The van der Waals surface area contributed by atoms with Crippen molar-refractivity contribution < 1.29 is 14.4 Å². The van der Waals surface area contributed by atoms with Gasteiger partial charge in [0.15, 0.2) is 5.13 Å². The Hall–Kier alpha value is -2.28. The lowest BCUT2D eigenvalue weighted by molar-refractivity contribution is -0.115. The van der Waals surface area contributed by atoms with Crippen LogP contribution in [0.15, 0.2) is 34.8 Å². The average Bonchev–Trinajstić information content (AvgIpc) is 2.89. The molecular formula is C13H12FN3O2S. The van der Waals surface area contributed by atoms with Gasteiger partial charge in [-0.25, -0.2) is 9.37 Å². The molecule has 5 nitrogen and oxygen atoms in total. The quantitative estimate of drug-likeness (QED) is 0.517. The molecule has 1 amide bonds. The first kappa shape index (κ1) is 14.1. The maximum Gasteiger partial charge on any atom is 0.230 e. The van der Waals surface area contributed by atoms with Crippen LogP contribution in [-0.4, -0.2) is 21.8 Å². The van der Waals surface area contributed by atoms with Crippen molar-refractivity contribution in [3.63, 3.8) is 0 Å². The highest BCUT2D eigenvalue weighted by Gasteiger charge is 2.11. The lowest BCUT2D eigenvalue weighted by atomic mass is 10.1. The summed E-state index contributed by atoms with van der Waals surface area (Å²) < 4.78 is 13.4. The van der Waals surface area contributed by atoms with Crippen molar-refractivity contribution in [1.29, 1.82) is 0 Å². The Morgan fingerprint density at radius 1 is 1.50 bits per heavy atom. The molecule has 0 bridgehead atoms. The molecule has 0 aliphatic rings. The third-order valence-electron chi connectivity index (χ3n) is 2.58. The summed E-state index contributed by atoms with van der Waals surface area (Å²) in [5.41, 5.74) is 1.17. The molecule has 1 aromatic carbocycles. The van der Waals surface area contributed by atoms with Crippen molar-refractivity contribution in [3.05, 3.63) is 46.7 Å². The number of hydrogen-bond donors (Lipinski definition) is 2. The number of carbonyl (C=O) groups excluding carboxylic acids is 1. The molecule has 1 aromatic heterocycles. The van der Waals surface area contributed by atoms with Gasteiger partial charge in [0, 0.05) is 5.38 Å². The van der Waals surface area contributed by atoms with Gasteiger partial charge in [0.25, 0.3) is 0 Å². The Morgan fingerprint density at radius 2 is 2.25 bits per heavy atom. The molecule has 1 heterocycles. The Labute approximate surface area is 118 Å². The molecule has 0 fully saturated rings. The fraction of sp³-hybridized carbons (Fsp3) is 0.154. The molecule has 0 saturated heterocycles. The van der Waals surface area contributed by atoms with Gasteiger partial charge < -0.3 is 10.5 Å². The summed E-state index contributed by atoms with van der Waals surface area (Å²) in [4.78, 5) is 15.9. The molecule has 0 spiro atoms. The SMILES string of the molecule is CC(=NO)c1csc(NC(=O)Cc2ccccc2F)n1. The van der Waals surface area contributed by atoms with Gasteiger partial charge in [0.05, 0.1) is 6.42 Å². The lowest BCUT2D eigenvalue weighted by Gasteiger charge is -2.03. The van der Waals surface area contributed by atoms with Crippen LogP contribution in [0.4, 0.5) is 9.52 Å². The fourth-order valence-corrected chi connectivity index (χ4v) is 2.30. The van der Waals surface area contributed by atoms with Crippen LogP contribution in [0.5, 0.6) is 0 Å². The van der Waals surface area contributed by atoms with E-state index in [1.807, 2.05) is 0 Å². The molecule has 2 rings (SSSR count). The zero-order chi connectivity index (χ0) is 14.5. The van der Waals surface area contributed by atoms with E-state index in [-0.39, 0.29) is 12.3 Å². The third kappa shape index (κ3) is 3.39. The van der Waals surface area contributed by atoms with Crippen molar-refractivity contribution >= 4 is 28.1 Å². The van der Waals surface area contributed by atoms with E-state index in [0.29, 0.717) is 22.1 Å². The fourth-order valence-electron chi connectivity index (χ4n) is 1.53. The van der Waals surface area contributed by atoms with Crippen molar-refractivity contribution in [2.45, 2.75) is 13.3 Å². The predicted octanol–water partition coefficient (Wildman–Crippen LogP) is 2.66. The number of benzene rings is 1. The summed E-state index contributed by atoms with van der Waals surface area (Å²) >= 11 is 1.21. The van der Waals surface area contributed by atoms with Crippen LogP contribution >= 0.6 is 11.3 Å². The van der Waals surface area contributed by atoms with E-state index < -0.39 is 5.82 Å². The van der Waals surface area contributed by atoms with E-state index in [1.54, 1.807) is 30.5 Å². The lowest BCUT2D eigenvalue weighted by Crippen LogP contribution is -2.15. The van der Waals surface area contributed by atoms with E-state index in [1.165, 1.54) is 17.4 Å². The number of oxime groups is 1. The second-order valence-electron chi connectivity index (χ2n) is 4.04.